The van der Waals surface area contributed by atoms with E-state index in [9.17, 15) is 9.90 Å². The number of fused-ring (bicyclic) bond motifs is 1. The van der Waals surface area contributed by atoms with Crippen LogP contribution in [0.3, 0.4) is 0 Å². The number of likely N-dealkylation sites (tertiary alicyclic amines) is 1. The Morgan fingerprint density at radius 3 is 2.69 bits per heavy atom. The van der Waals surface area contributed by atoms with E-state index in [2.05, 4.69) is 4.98 Å². The summed E-state index contributed by atoms with van der Waals surface area (Å²) in [5, 5.41) is 11.6. The smallest absolute Gasteiger partial charge is 0.255 e. The van der Waals surface area contributed by atoms with Gasteiger partial charge in [-0.2, -0.15) is 0 Å². The average Bonchev–Trinajstić information content (AvgIpc) is 2.69. The third kappa shape index (κ3) is 2.82. The predicted octanol–water partition coefficient (Wildman–Crippen LogP) is 3.68. The Kier molecular flexibility index (Phi) is 4.53. The van der Waals surface area contributed by atoms with Crippen LogP contribution in [0.15, 0.2) is 48.7 Å². The number of pyridine rings is 1. The van der Waals surface area contributed by atoms with E-state index < -0.39 is 5.60 Å². The van der Waals surface area contributed by atoms with Crippen molar-refractivity contribution in [2.24, 2.45) is 5.92 Å². The van der Waals surface area contributed by atoms with Gasteiger partial charge in [0, 0.05) is 30.4 Å². The molecule has 0 spiro atoms. The van der Waals surface area contributed by atoms with Crippen molar-refractivity contribution in [2.75, 3.05) is 6.54 Å². The minimum Gasteiger partial charge on any atom is -0.385 e. The van der Waals surface area contributed by atoms with Gasteiger partial charge in [0.25, 0.3) is 5.91 Å². The van der Waals surface area contributed by atoms with Crippen LogP contribution in [0.5, 0.6) is 0 Å². The zero-order valence-corrected chi connectivity index (χ0v) is 15.3. The largest absolute Gasteiger partial charge is 0.385 e. The Bertz CT molecular complexity index is 792. The zero-order chi connectivity index (χ0) is 18.1. The second kappa shape index (κ2) is 6.84. The number of aromatic nitrogens is 1. The molecule has 4 heteroatoms. The maximum absolute atomic E-state index is 13.2. The summed E-state index contributed by atoms with van der Waals surface area (Å²) in [4.78, 5) is 19.5. The van der Waals surface area contributed by atoms with Gasteiger partial charge in [0.2, 0.25) is 0 Å². The number of hydrogen-bond acceptors (Lipinski definition) is 3. The van der Waals surface area contributed by atoms with E-state index in [-0.39, 0.29) is 17.9 Å². The molecule has 4 nitrogen and oxygen atoms in total. The summed E-state index contributed by atoms with van der Waals surface area (Å²) >= 11 is 0. The van der Waals surface area contributed by atoms with Crippen LogP contribution in [0.2, 0.25) is 0 Å². The number of hydrogen-bond donors (Lipinski definition) is 1. The molecule has 1 aromatic heterocycles. The first-order chi connectivity index (χ1) is 12.6. The summed E-state index contributed by atoms with van der Waals surface area (Å²) in [5.41, 5.74) is 1.60. The molecule has 1 N–H and O–H groups in total. The summed E-state index contributed by atoms with van der Waals surface area (Å²) in [5.74, 6) is 0.149. The van der Waals surface area contributed by atoms with Crippen LogP contribution >= 0.6 is 0 Å². The van der Waals surface area contributed by atoms with Crippen LogP contribution in [0.1, 0.15) is 53.7 Å². The molecule has 0 radical (unpaired) electrons. The van der Waals surface area contributed by atoms with Gasteiger partial charge < -0.3 is 10.0 Å². The van der Waals surface area contributed by atoms with Crippen molar-refractivity contribution in [2.45, 2.75) is 50.7 Å². The van der Waals surface area contributed by atoms with Crippen molar-refractivity contribution in [3.8, 4) is 0 Å². The molecule has 2 aliphatic rings. The van der Waals surface area contributed by atoms with Crippen LogP contribution in [-0.2, 0) is 5.60 Å². The molecule has 1 aliphatic carbocycles. The fourth-order valence-corrected chi connectivity index (χ4v) is 4.89. The third-order valence-corrected chi connectivity index (χ3v) is 6.25. The molecule has 26 heavy (non-hydrogen) atoms. The molecule has 1 saturated heterocycles. The van der Waals surface area contributed by atoms with E-state index in [1.165, 1.54) is 0 Å². The highest BCUT2D eigenvalue weighted by Gasteiger charge is 2.50. The first-order valence-electron chi connectivity index (χ1n) is 9.62. The molecule has 4 rings (SSSR count). The first-order valence-corrected chi connectivity index (χ1v) is 9.62. The van der Waals surface area contributed by atoms with Crippen molar-refractivity contribution in [1.29, 1.82) is 0 Å². The van der Waals surface area contributed by atoms with Gasteiger partial charge in [-0.3, -0.25) is 9.78 Å². The molecular formula is C22H26N2O2. The average molecular weight is 350 g/mol. The standard InChI is InChI=1S/C22H26N2O2/c1-16-18(10-7-14-23-16)21(25)24-15-13-22(26,17-8-3-2-4-9-17)19-11-5-6-12-20(19)24/h2-4,7-10,14,19-20,26H,5-6,11-13,15H2,1H3/t19-,20+,22?/m0/s1. The second-order valence-electron chi connectivity index (χ2n) is 7.63. The summed E-state index contributed by atoms with van der Waals surface area (Å²) in [6.07, 6.45) is 6.46. The van der Waals surface area contributed by atoms with Crippen LogP contribution in [0.4, 0.5) is 0 Å². The number of piperidine rings is 1. The highest BCUT2D eigenvalue weighted by molar-refractivity contribution is 5.95. The van der Waals surface area contributed by atoms with E-state index in [0.29, 0.717) is 18.5 Å². The Morgan fingerprint density at radius 1 is 1.15 bits per heavy atom. The summed E-state index contributed by atoms with van der Waals surface area (Å²) in [7, 11) is 0. The van der Waals surface area contributed by atoms with Gasteiger partial charge in [0.05, 0.1) is 11.2 Å². The van der Waals surface area contributed by atoms with Gasteiger partial charge in [0.1, 0.15) is 0 Å². The van der Waals surface area contributed by atoms with E-state index in [4.69, 9.17) is 0 Å². The van der Waals surface area contributed by atoms with Crippen molar-refractivity contribution in [3.05, 3.63) is 65.5 Å². The molecule has 2 heterocycles. The van der Waals surface area contributed by atoms with Gasteiger partial charge in [-0.1, -0.05) is 43.2 Å². The van der Waals surface area contributed by atoms with E-state index in [0.717, 1.165) is 36.9 Å². The summed E-state index contributed by atoms with van der Waals surface area (Å²) in [6, 6.07) is 13.8. The van der Waals surface area contributed by atoms with Crippen molar-refractivity contribution >= 4 is 5.91 Å². The molecule has 1 aliphatic heterocycles. The molecule has 2 fully saturated rings. The number of benzene rings is 1. The predicted molar refractivity (Wildman–Crippen MR) is 101 cm³/mol. The van der Waals surface area contributed by atoms with Crippen LogP contribution in [-0.4, -0.2) is 33.5 Å². The quantitative estimate of drug-likeness (QED) is 0.899. The van der Waals surface area contributed by atoms with Gasteiger partial charge in [-0.15, -0.1) is 0 Å². The number of carbonyl (C=O) groups is 1. The highest BCUT2D eigenvalue weighted by atomic mass is 16.3. The molecule has 0 bridgehead atoms. The fourth-order valence-electron chi connectivity index (χ4n) is 4.89. The van der Waals surface area contributed by atoms with Gasteiger partial charge in [-0.05, 0) is 43.9 Å². The lowest BCUT2D eigenvalue weighted by molar-refractivity contribution is -0.110. The Labute approximate surface area is 154 Å². The topological polar surface area (TPSA) is 53.4 Å². The molecule has 2 aromatic rings. The molecule has 136 valence electrons. The third-order valence-electron chi connectivity index (χ3n) is 6.25. The molecule has 1 unspecified atom stereocenters. The molecule has 1 saturated carbocycles. The number of rotatable bonds is 2. The SMILES string of the molecule is Cc1ncccc1C(=O)N1CCC(O)(c2ccccc2)[C@H]2CCCC[C@H]21. The van der Waals surface area contributed by atoms with E-state index >= 15 is 0 Å². The van der Waals surface area contributed by atoms with Gasteiger partial charge in [0.15, 0.2) is 0 Å². The number of nitrogens with zero attached hydrogens (tertiary/aromatic N) is 2. The second-order valence-corrected chi connectivity index (χ2v) is 7.63. The summed E-state index contributed by atoms with van der Waals surface area (Å²) < 4.78 is 0. The normalized spacial score (nSPS) is 28.5. The van der Waals surface area contributed by atoms with Crippen molar-refractivity contribution in [1.82, 2.24) is 9.88 Å². The number of amides is 1. The van der Waals surface area contributed by atoms with Crippen LogP contribution in [0.25, 0.3) is 0 Å². The molecule has 1 aromatic carbocycles. The monoisotopic (exact) mass is 350 g/mol. The summed E-state index contributed by atoms with van der Waals surface area (Å²) in [6.45, 7) is 2.47. The van der Waals surface area contributed by atoms with Crippen LogP contribution < -0.4 is 0 Å². The maximum Gasteiger partial charge on any atom is 0.255 e. The van der Waals surface area contributed by atoms with E-state index in [1.54, 1.807) is 6.20 Å². The number of carbonyl (C=O) groups excluding carboxylic acids is 1. The van der Waals surface area contributed by atoms with Gasteiger partial charge >= 0.3 is 0 Å². The fraction of sp³-hybridized carbons (Fsp3) is 0.455. The Morgan fingerprint density at radius 2 is 1.92 bits per heavy atom. The number of aliphatic hydroxyl groups is 1. The minimum atomic E-state index is -0.840. The van der Waals surface area contributed by atoms with Crippen molar-refractivity contribution in [3.63, 3.8) is 0 Å². The first kappa shape index (κ1) is 17.2. The molecule has 1 amide bonds. The lowest BCUT2D eigenvalue weighted by atomic mass is 9.66. The Hall–Kier alpha value is -2.20. The zero-order valence-electron chi connectivity index (χ0n) is 15.3. The lowest BCUT2D eigenvalue weighted by Crippen LogP contribution is -2.59. The highest BCUT2D eigenvalue weighted by Crippen LogP contribution is 2.47. The maximum atomic E-state index is 13.2. The van der Waals surface area contributed by atoms with Crippen LogP contribution in [0, 0.1) is 12.8 Å². The lowest BCUT2D eigenvalue weighted by Gasteiger charge is -2.52. The Balaban J connectivity index is 1.67. The molecular weight excluding hydrogens is 324 g/mol. The van der Waals surface area contributed by atoms with Crippen molar-refractivity contribution < 1.29 is 9.90 Å². The molecule has 3 atom stereocenters. The number of aryl methyl sites for hydroxylation is 1. The minimum absolute atomic E-state index is 0.0580. The van der Waals surface area contributed by atoms with E-state index in [1.807, 2.05) is 54.3 Å². The van der Waals surface area contributed by atoms with Gasteiger partial charge in [-0.25, -0.2) is 0 Å².